The molecule has 0 atom stereocenters. The third kappa shape index (κ3) is 4.09. The number of nitrogens with one attached hydrogen (secondary N) is 1. The topological polar surface area (TPSA) is 12.0 Å². The molecule has 0 bridgehead atoms. The number of rotatable bonds is 5. The smallest absolute Gasteiger partial charge is 0.0208 e. The molecular weight excluding hydrogens is 273 g/mol. The van der Waals surface area contributed by atoms with E-state index in [-0.39, 0.29) is 0 Å². The monoisotopic (exact) mass is 289 g/mol. The van der Waals surface area contributed by atoms with Crippen molar-refractivity contribution in [2.45, 2.75) is 19.9 Å². The lowest BCUT2D eigenvalue weighted by molar-refractivity contribution is 0.679. The van der Waals surface area contributed by atoms with Crippen LogP contribution in [0.2, 0.25) is 0 Å². The van der Waals surface area contributed by atoms with Crippen molar-refractivity contribution in [1.82, 2.24) is 5.32 Å². The van der Waals surface area contributed by atoms with Gasteiger partial charge in [0.25, 0.3) is 0 Å². The lowest BCUT2D eigenvalue weighted by Crippen LogP contribution is -2.15. The summed E-state index contributed by atoms with van der Waals surface area (Å²) in [4.78, 5) is 0. The first-order valence-corrected chi connectivity index (χ1v) is 6.18. The van der Waals surface area contributed by atoms with Gasteiger partial charge in [-0.2, -0.15) is 0 Å². The summed E-state index contributed by atoms with van der Waals surface area (Å²) in [6.45, 7) is 4.29. The van der Waals surface area contributed by atoms with Crippen LogP contribution in [0.5, 0.6) is 0 Å². The minimum atomic E-state index is 1.00. The van der Waals surface area contributed by atoms with Crippen molar-refractivity contribution in [2.24, 2.45) is 0 Å². The first kappa shape index (κ1) is 11.0. The SMILES string of the molecule is Cc1ccccc1CNCCCI. The van der Waals surface area contributed by atoms with Gasteiger partial charge >= 0.3 is 0 Å². The van der Waals surface area contributed by atoms with Gasteiger partial charge < -0.3 is 5.32 Å². The van der Waals surface area contributed by atoms with E-state index in [2.05, 4.69) is 59.1 Å². The number of halogens is 1. The predicted molar refractivity (Wildman–Crippen MR) is 66.4 cm³/mol. The van der Waals surface area contributed by atoms with Gasteiger partial charge in [0.2, 0.25) is 0 Å². The van der Waals surface area contributed by atoms with Crippen molar-refractivity contribution in [2.75, 3.05) is 11.0 Å². The molecule has 0 radical (unpaired) electrons. The lowest BCUT2D eigenvalue weighted by Gasteiger charge is -2.06. The second kappa shape index (κ2) is 6.38. The number of aryl methyl sites for hydroxylation is 1. The third-order valence-electron chi connectivity index (χ3n) is 2.06. The van der Waals surface area contributed by atoms with Crippen molar-refractivity contribution in [3.8, 4) is 0 Å². The normalized spacial score (nSPS) is 10.3. The van der Waals surface area contributed by atoms with Gasteiger partial charge in [0.1, 0.15) is 0 Å². The van der Waals surface area contributed by atoms with Crippen LogP contribution in [-0.2, 0) is 6.54 Å². The van der Waals surface area contributed by atoms with Gasteiger partial charge in [-0.3, -0.25) is 0 Å². The zero-order valence-electron chi connectivity index (χ0n) is 8.02. The maximum Gasteiger partial charge on any atom is 0.0208 e. The molecular formula is C11H16IN. The highest BCUT2D eigenvalue weighted by molar-refractivity contribution is 14.1. The molecule has 1 N–H and O–H groups in total. The summed E-state index contributed by atoms with van der Waals surface area (Å²) in [6.07, 6.45) is 1.26. The second-order valence-corrected chi connectivity index (χ2v) is 4.22. The van der Waals surface area contributed by atoms with Crippen LogP contribution in [0.25, 0.3) is 0 Å². The van der Waals surface area contributed by atoms with Crippen LogP contribution in [0.4, 0.5) is 0 Å². The van der Waals surface area contributed by atoms with Crippen LogP contribution >= 0.6 is 22.6 Å². The summed E-state index contributed by atoms with van der Waals surface area (Å²) < 4.78 is 1.23. The van der Waals surface area contributed by atoms with E-state index in [0.717, 1.165) is 13.1 Å². The fourth-order valence-corrected chi connectivity index (χ4v) is 1.60. The van der Waals surface area contributed by atoms with Gasteiger partial charge in [-0.05, 0) is 31.0 Å². The Morgan fingerprint density at radius 1 is 1.31 bits per heavy atom. The second-order valence-electron chi connectivity index (χ2n) is 3.15. The molecule has 0 amide bonds. The zero-order valence-corrected chi connectivity index (χ0v) is 10.2. The Balaban J connectivity index is 2.32. The summed E-state index contributed by atoms with van der Waals surface area (Å²) in [5.74, 6) is 0. The van der Waals surface area contributed by atoms with Crippen molar-refractivity contribution >= 4 is 22.6 Å². The molecule has 0 aliphatic rings. The Hall–Kier alpha value is -0.0900. The van der Waals surface area contributed by atoms with Crippen LogP contribution in [0.15, 0.2) is 24.3 Å². The van der Waals surface area contributed by atoms with Gasteiger partial charge in [-0.15, -0.1) is 0 Å². The average molecular weight is 289 g/mol. The van der Waals surface area contributed by atoms with Crippen molar-refractivity contribution in [1.29, 1.82) is 0 Å². The average Bonchev–Trinajstić information content (AvgIpc) is 2.15. The van der Waals surface area contributed by atoms with E-state index in [4.69, 9.17) is 0 Å². The highest BCUT2D eigenvalue weighted by Gasteiger charge is 1.94. The number of alkyl halides is 1. The molecule has 0 spiro atoms. The van der Waals surface area contributed by atoms with E-state index >= 15 is 0 Å². The molecule has 72 valence electrons. The van der Waals surface area contributed by atoms with Gasteiger partial charge in [-0.1, -0.05) is 46.9 Å². The van der Waals surface area contributed by atoms with Crippen molar-refractivity contribution < 1.29 is 0 Å². The molecule has 1 aromatic rings. The van der Waals surface area contributed by atoms with Gasteiger partial charge in [0, 0.05) is 11.0 Å². The lowest BCUT2D eigenvalue weighted by atomic mass is 10.1. The quantitative estimate of drug-likeness (QED) is 0.499. The number of hydrogen-bond acceptors (Lipinski definition) is 1. The van der Waals surface area contributed by atoms with Crippen LogP contribution < -0.4 is 5.32 Å². The molecule has 13 heavy (non-hydrogen) atoms. The minimum absolute atomic E-state index is 1.00. The van der Waals surface area contributed by atoms with Crippen LogP contribution in [-0.4, -0.2) is 11.0 Å². The maximum absolute atomic E-state index is 3.44. The van der Waals surface area contributed by atoms with Crippen LogP contribution in [0.3, 0.4) is 0 Å². The van der Waals surface area contributed by atoms with Gasteiger partial charge in [0.15, 0.2) is 0 Å². The third-order valence-corrected chi connectivity index (χ3v) is 2.83. The van der Waals surface area contributed by atoms with E-state index < -0.39 is 0 Å². The van der Waals surface area contributed by atoms with Crippen molar-refractivity contribution in [3.63, 3.8) is 0 Å². The first-order chi connectivity index (χ1) is 6.34. The van der Waals surface area contributed by atoms with E-state index in [1.807, 2.05) is 0 Å². The zero-order chi connectivity index (χ0) is 9.52. The van der Waals surface area contributed by atoms with Crippen molar-refractivity contribution in [3.05, 3.63) is 35.4 Å². The summed E-state index contributed by atoms with van der Waals surface area (Å²) in [7, 11) is 0. The standard InChI is InChI=1S/C11H16IN/c1-10-5-2-3-6-11(10)9-13-8-4-7-12/h2-3,5-6,13H,4,7-9H2,1H3. The van der Waals surface area contributed by atoms with Crippen LogP contribution in [0.1, 0.15) is 17.5 Å². The molecule has 0 aliphatic heterocycles. The molecule has 0 aromatic heterocycles. The number of benzene rings is 1. The highest BCUT2D eigenvalue weighted by atomic mass is 127. The highest BCUT2D eigenvalue weighted by Crippen LogP contribution is 2.05. The van der Waals surface area contributed by atoms with Gasteiger partial charge in [0.05, 0.1) is 0 Å². The molecule has 0 saturated carbocycles. The minimum Gasteiger partial charge on any atom is -0.313 e. The molecule has 0 heterocycles. The first-order valence-electron chi connectivity index (χ1n) is 4.66. The molecule has 0 aliphatic carbocycles. The van der Waals surface area contributed by atoms with Crippen LogP contribution in [0, 0.1) is 6.92 Å². The van der Waals surface area contributed by atoms with E-state index in [9.17, 15) is 0 Å². The van der Waals surface area contributed by atoms with E-state index in [1.165, 1.54) is 22.0 Å². The fourth-order valence-electron chi connectivity index (χ4n) is 1.22. The summed E-state index contributed by atoms with van der Waals surface area (Å²) >= 11 is 2.41. The predicted octanol–water partition coefficient (Wildman–Crippen LogP) is 2.91. The molecule has 0 saturated heterocycles. The maximum atomic E-state index is 3.44. The Kier molecular flexibility index (Phi) is 5.39. The molecule has 0 fully saturated rings. The Bertz CT molecular complexity index is 248. The Morgan fingerprint density at radius 2 is 2.08 bits per heavy atom. The Labute approximate surface area is 94.1 Å². The molecule has 2 heteroatoms. The summed E-state index contributed by atoms with van der Waals surface area (Å²) in [5, 5.41) is 3.44. The fraction of sp³-hybridized carbons (Fsp3) is 0.455. The summed E-state index contributed by atoms with van der Waals surface area (Å²) in [5.41, 5.74) is 2.79. The van der Waals surface area contributed by atoms with E-state index in [0.29, 0.717) is 0 Å². The largest absolute Gasteiger partial charge is 0.313 e. The molecule has 1 rings (SSSR count). The number of hydrogen-bond donors (Lipinski definition) is 1. The van der Waals surface area contributed by atoms with Gasteiger partial charge in [-0.25, -0.2) is 0 Å². The molecule has 1 aromatic carbocycles. The summed E-state index contributed by atoms with van der Waals surface area (Å²) in [6, 6.07) is 8.54. The van der Waals surface area contributed by atoms with E-state index in [1.54, 1.807) is 0 Å². The molecule has 0 unspecified atom stereocenters. The Morgan fingerprint density at radius 3 is 2.77 bits per heavy atom. The molecule has 1 nitrogen and oxygen atoms in total.